The first-order valence-corrected chi connectivity index (χ1v) is 10.8. The number of benzene rings is 2. The Morgan fingerprint density at radius 3 is 2.66 bits per heavy atom. The molecule has 0 radical (unpaired) electrons. The Bertz CT molecular complexity index is 1170. The highest BCUT2D eigenvalue weighted by Crippen LogP contribution is 2.27. The number of carbonyl (C=O) groups excluding carboxylic acids is 1. The summed E-state index contributed by atoms with van der Waals surface area (Å²) >= 11 is 6.09. The van der Waals surface area contributed by atoms with Crippen molar-refractivity contribution in [3.05, 3.63) is 88.7 Å². The number of nitrogens with one attached hydrogen (secondary N) is 1. The SMILES string of the molecule is O=C(Nc1ccc2c(c1)CN(S(=O)(=O)c1cccnc1)CC2)c1ccccc1Cl. The molecule has 0 fully saturated rings. The summed E-state index contributed by atoms with van der Waals surface area (Å²) in [5.41, 5.74) is 2.90. The number of hydrogen-bond donors (Lipinski definition) is 1. The van der Waals surface area contributed by atoms with E-state index in [4.69, 9.17) is 11.6 Å². The topological polar surface area (TPSA) is 79.4 Å². The van der Waals surface area contributed by atoms with Gasteiger partial charge in [-0.3, -0.25) is 9.78 Å². The smallest absolute Gasteiger partial charge is 0.257 e. The zero-order chi connectivity index (χ0) is 20.4. The second kappa shape index (κ2) is 7.94. The summed E-state index contributed by atoms with van der Waals surface area (Å²) in [7, 11) is -3.62. The fourth-order valence-electron chi connectivity index (χ4n) is 3.31. The second-order valence-electron chi connectivity index (χ2n) is 6.69. The van der Waals surface area contributed by atoms with Crippen LogP contribution >= 0.6 is 11.6 Å². The average Bonchev–Trinajstić information content (AvgIpc) is 2.74. The lowest BCUT2D eigenvalue weighted by molar-refractivity contribution is 0.102. The van der Waals surface area contributed by atoms with Gasteiger partial charge in [0.05, 0.1) is 10.6 Å². The van der Waals surface area contributed by atoms with Gasteiger partial charge in [0.15, 0.2) is 0 Å². The Balaban J connectivity index is 1.56. The maximum Gasteiger partial charge on any atom is 0.257 e. The number of amides is 1. The molecule has 0 unspecified atom stereocenters. The Hall–Kier alpha value is -2.74. The van der Waals surface area contributed by atoms with E-state index in [1.165, 1.54) is 16.6 Å². The third kappa shape index (κ3) is 4.03. The third-order valence-corrected chi connectivity index (χ3v) is 6.99. The monoisotopic (exact) mass is 427 g/mol. The molecule has 6 nitrogen and oxygen atoms in total. The van der Waals surface area contributed by atoms with E-state index >= 15 is 0 Å². The van der Waals surface area contributed by atoms with Crippen LogP contribution in [0.4, 0.5) is 5.69 Å². The largest absolute Gasteiger partial charge is 0.322 e. The molecular formula is C21H18ClN3O3S. The lowest BCUT2D eigenvalue weighted by atomic mass is 10.0. The first-order valence-electron chi connectivity index (χ1n) is 9.03. The van der Waals surface area contributed by atoms with Gasteiger partial charge in [-0.15, -0.1) is 0 Å². The van der Waals surface area contributed by atoms with Crippen LogP contribution < -0.4 is 5.32 Å². The van der Waals surface area contributed by atoms with Gasteiger partial charge in [-0.2, -0.15) is 4.31 Å². The van der Waals surface area contributed by atoms with E-state index in [9.17, 15) is 13.2 Å². The summed E-state index contributed by atoms with van der Waals surface area (Å²) in [4.78, 5) is 16.6. The zero-order valence-corrected chi connectivity index (χ0v) is 16.9. The summed E-state index contributed by atoms with van der Waals surface area (Å²) in [6, 6.07) is 15.5. The van der Waals surface area contributed by atoms with E-state index in [-0.39, 0.29) is 17.3 Å². The molecule has 0 saturated carbocycles. The van der Waals surface area contributed by atoms with Crippen molar-refractivity contribution in [1.29, 1.82) is 0 Å². The van der Waals surface area contributed by atoms with Gasteiger partial charge in [0.2, 0.25) is 10.0 Å². The highest BCUT2D eigenvalue weighted by Gasteiger charge is 2.28. The molecule has 1 aliphatic heterocycles. The predicted octanol–water partition coefficient (Wildman–Crippen LogP) is 3.73. The molecule has 0 spiro atoms. The molecule has 0 saturated heterocycles. The van der Waals surface area contributed by atoms with Gasteiger partial charge in [0, 0.05) is 31.2 Å². The van der Waals surface area contributed by atoms with Crippen molar-refractivity contribution >= 4 is 33.2 Å². The van der Waals surface area contributed by atoms with Crippen molar-refractivity contribution in [2.75, 3.05) is 11.9 Å². The number of halogens is 1. The van der Waals surface area contributed by atoms with Gasteiger partial charge < -0.3 is 5.32 Å². The molecule has 3 aromatic rings. The number of fused-ring (bicyclic) bond motifs is 1. The van der Waals surface area contributed by atoms with Crippen LogP contribution in [0, 0.1) is 0 Å². The van der Waals surface area contributed by atoms with E-state index in [1.54, 1.807) is 36.5 Å². The van der Waals surface area contributed by atoms with Crippen LogP contribution in [-0.4, -0.2) is 30.2 Å². The molecule has 0 atom stereocenters. The number of nitrogens with zero attached hydrogens (tertiary/aromatic N) is 2. The van der Waals surface area contributed by atoms with E-state index in [0.717, 1.165) is 11.1 Å². The number of sulfonamides is 1. The molecule has 1 amide bonds. The van der Waals surface area contributed by atoms with Gasteiger partial charge in [0.1, 0.15) is 4.90 Å². The van der Waals surface area contributed by atoms with Crippen LogP contribution in [0.2, 0.25) is 5.02 Å². The lowest BCUT2D eigenvalue weighted by Crippen LogP contribution is -2.36. The molecule has 8 heteroatoms. The maximum atomic E-state index is 12.9. The first kappa shape index (κ1) is 19.6. The molecule has 0 aliphatic carbocycles. The molecule has 1 N–H and O–H groups in total. The summed E-state index contributed by atoms with van der Waals surface area (Å²) in [6.07, 6.45) is 3.50. The highest BCUT2D eigenvalue weighted by molar-refractivity contribution is 7.89. The van der Waals surface area contributed by atoms with Crippen molar-refractivity contribution in [3.63, 3.8) is 0 Å². The van der Waals surface area contributed by atoms with Crippen molar-refractivity contribution in [2.45, 2.75) is 17.9 Å². The van der Waals surface area contributed by atoms with E-state index in [2.05, 4.69) is 10.3 Å². The van der Waals surface area contributed by atoms with Crippen LogP contribution in [-0.2, 0) is 23.0 Å². The van der Waals surface area contributed by atoms with Gasteiger partial charge in [0.25, 0.3) is 5.91 Å². The lowest BCUT2D eigenvalue weighted by Gasteiger charge is -2.28. The number of rotatable bonds is 4. The molecule has 4 rings (SSSR count). The number of pyridine rings is 1. The third-order valence-electron chi connectivity index (χ3n) is 4.83. The quantitative estimate of drug-likeness (QED) is 0.688. The van der Waals surface area contributed by atoms with Crippen molar-refractivity contribution in [1.82, 2.24) is 9.29 Å². The number of hydrogen-bond acceptors (Lipinski definition) is 4. The Labute approximate surface area is 174 Å². The minimum absolute atomic E-state index is 0.173. The van der Waals surface area contributed by atoms with Gasteiger partial charge >= 0.3 is 0 Å². The standard InChI is InChI=1S/C21H18ClN3O3S/c22-20-6-2-1-5-19(20)21(26)24-17-8-7-15-9-11-25(14-16(15)12-17)29(27,28)18-4-3-10-23-13-18/h1-8,10,12-13H,9,11,14H2,(H,24,26). The summed E-state index contributed by atoms with van der Waals surface area (Å²) in [6.45, 7) is 0.637. The Kier molecular flexibility index (Phi) is 5.36. The fourth-order valence-corrected chi connectivity index (χ4v) is 4.91. The molecule has 1 aliphatic rings. The van der Waals surface area contributed by atoms with Crippen LogP contribution in [0.3, 0.4) is 0 Å². The minimum Gasteiger partial charge on any atom is -0.322 e. The molecule has 148 valence electrons. The second-order valence-corrected chi connectivity index (χ2v) is 9.04. The van der Waals surface area contributed by atoms with E-state index in [1.807, 2.05) is 18.2 Å². The number of aromatic nitrogens is 1. The molecule has 2 heterocycles. The number of anilines is 1. The molecular weight excluding hydrogens is 410 g/mol. The van der Waals surface area contributed by atoms with Gasteiger partial charge in [-0.25, -0.2) is 8.42 Å². The van der Waals surface area contributed by atoms with Crippen LogP contribution in [0.15, 0.2) is 71.9 Å². The molecule has 0 bridgehead atoms. The molecule has 1 aromatic heterocycles. The van der Waals surface area contributed by atoms with Crippen molar-refractivity contribution in [2.24, 2.45) is 0 Å². The van der Waals surface area contributed by atoms with Crippen molar-refractivity contribution in [3.8, 4) is 0 Å². The van der Waals surface area contributed by atoms with Crippen LogP contribution in [0.1, 0.15) is 21.5 Å². The predicted molar refractivity (Wildman–Crippen MR) is 111 cm³/mol. The summed E-state index contributed by atoms with van der Waals surface area (Å²) in [5.74, 6) is -0.314. The Morgan fingerprint density at radius 2 is 1.90 bits per heavy atom. The number of carbonyl (C=O) groups is 1. The highest BCUT2D eigenvalue weighted by atomic mass is 35.5. The maximum absolute atomic E-state index is 12.9. The first-order chi connectivity index (χ1) is 13.9. The fraction of sp³-hybridized carbons (Fsp3) is 0.143. The Morgan fingerprint density at radius 1 is 1.07 bits per heavy atom. The van der Waals surface area contributed by atoms with E-state index in [0.29, 0.717) is 29.2 Å². The molecule has 29 heavy (non-hydrogen) atoms. The minimum atomic E-state index is -3.62. The summed E-state index contributed by atoms with van der Waals surface area (Å²) in [5, 5.41) is 3.21. The van der Waals surface area contributed by atoms with Crippen molar-refractivity contribution < 1.29 is 13.2 Å². The summed E-state index contributed by atoms with van der Waals surface area (Å²) < 4.78 is 27.2. The molecule has 2 aromatic carbocycles. The normalized spacial score (nSPS) is 14.2. The van der Waals surface area contributed by atoms with Crippen LogP contribution in [0.5, 0.6) is 0 Å². The van der Waals surface area contributed by atoms with Crippen LogP contribution in [0.25, 0.3) is 0 Å². The van der Waals surface area contributed by atoms with Gasteiger partial charge in [-0.05, 0) is 53.9 Å². The van der Waals surface area contributed by atoms with Gasteiger partial charge in [-0.1, -0.05) is 29.8 Å². The van der Waals surface area contributed by atoms with E-state index < -0.39 is 10.0 Å². The zero-order valence-electron chi connectivity index (χ0n) is 15.4. The average molecular weight is 428 g/mol.